The number of aryl methyl sites for hydroxylation is 1. The van der Waals surface area contributed by atoms with Gasteiger partial charge in [-0.25, -0.2) is 4.98 Å². The summed E-state index contributed by atoms with van der Waals surface area (Å²) in [6.07, 6.45) is -5.13. The molecule has 0 amide bonds. The fourth-order valence-corrected chi connectivity index (χ4v) is 5.54. The summed E-state index contributed by atoms with van der Waals surface area (Å²) in [6.45, 7) is 5.71. The Balaban J connectivity index is 1.11. The van der Waals surface area contributed by atoms with E-state index in [1.807, 2.05) is 25.1 Å². The fraction of sp³-hybridized carbons (Fsp3) is 0.370. The number of β-amino-alcohol motifs (C(OH)–C–C–N with tert-alkyl or cyclic N) is 1. The Hall–Kier alpha value is -3.32. The molecule has 2 aromatic heterocycles. The van der Waals surface area contributed by atoms with Gasteiger partial charge in [0.1, 0.15) is 18.5 Å². The molecule has 8 nitrogen and oxygen atoms in total. The van der Waals surface area contributed by atoms with Crippen LogP contribution in [0.15, 0.2) is 48.5 Å². The SMILES string of the molecule is Cc1nc2cc(OCC(O)CN3CCN(Cc4cc(O)n(-c5ccc(C(F)(F)F)cc5)c4O)CC3)ccc2s1. The number of hydrogen-bond donors (Lipinski definition) is 3. The first-order chi connectivity index (χ1) is 18.6. The molecule has 2 aromatic carbocycles. The molecule has 39 heavy (non-hydrogen) atoms. The highest BCUT2D eigenvalue weighted by Gasteiger charge is 2.30. The van der Waals surface area contributed by atoms with Gasteiger partial charge in [-0.2, -0.15) is 13.2 Å². The number of rotatable bonds is 8. The summed E-state index contributed by atoms with van der Waals surface area (Å²) in [4.78, 5) is 8.71. The first-order valence-electron chi connectivity index (χ1n) is 12.5. The zero-order valence-electron chi connectivity index (χ0n) is 21.2. The predicted molar refractivity (Wildman–Crippen MR) is 142 cm³/mol. The minimum absolute atomic E-state index is 0.166. The van der Waals surface area contributed by atoms with Crippen molar-refractivity contribution in [2.24, 2.45) is 0 Å². The standard InChI is InChI=1S/C27H29F3N4O4S/c1-17-31-23-13-22(6-7-24(23)39-17)38-16-21(35)15-33-10-8-32(9-11-33)14-18-12-25(36)34(26(18)37)20-4-2-19(3-5-20)27(28,29)30/h2-7,12-13,21,35-37H,8-11,14-16H2,1H3. The van der Waals surface area contributed by atoms with Crippen molar-refractivity contribution >= 4 is 21.6 Å². The van der Waals surface area contributed by atoms with E-state index in [0.29, 0.717) is 50.6 Å². The zero-order valence-corrected chi connectivity index (χ0v) is 22.0. The molecule has 1 atom stereocenters. The first-order valence-corrected chi connectivity index (χ1v) is 13.3. The van der Waals surface area contributed by atoms with Crippen LogP contribution in [0.1, 0.15) is 16.1 Å². The number of aromatic nitrogens is 2. The number of fused-ring (bicyclic) bond motifs is 1. The van der Waals surface area contributed by atoms with Crippen LogP contribution in [0, 0.1) is 6.92 Å². The van der Waals surface area contributed by atoms with Crippen LogP contribution in [0.5, 0.6) is 17.5 Å². The maximum atomic E-state index is 12.9. The normalized spacial score (nSPS) is 16.1. The van der Waals surface area contributed by atoms with Gasteiger partial charge in [0.15, 0.2) is 5.88 Å². The van der Waals surface area contributed by atoms with Gasteiger partial charge in [0.25, 0.3) is 0 Å². The number of benzene rings is 2. The largest absolute Gasteiger partial charge is 0.494 e. The van der Waals surface area contributed by atoms with Crippen molar-refractivity contribution in [1.82, 2.24) is 19.4 Å². The van der Waals surface area contributed by atoms with Crippen LogP contribution in [0.4, 0.5) is 13.2 Å². The molecule has 1 aliphatic rings. The van der Waals surface area contributed by atoms with Crippen LogP contribution in [0.3, 0.4) is 0 Å². The minimum Gasteiger partial charge on any atom is -0.494 e. The van der Waals surface area contributed by atoms with E-state index in [-0.39, 0.29) is 24.1 Å². The lowest BCUT2D eigenvalue weighted by Gasteiger charge is -2.35. The van der Waals surface area contributed by atoms with Gasteiger partial charge in [-0.15, -0.1) is 11.3 Å². The molecule has 208 valence electrons. The highest BCUT2D eigenvalue weighted by atomic mass is 32.1. The second kappa shape index (κ2) is 11.0. The van der Waals surface area contributed by atoms with Crippen molar-refractivity contribution in [3.63, 3.8) is 0 Å². The number of aliphatic hydroxyl groups is 1. The lowest BCUT2D eigenvalue weighted by Crippen LogP contribution is -2.48. The maximum Gasteiger partial charge on any atom is 0.416 e. The third kappa shape index (κ3) is 6.30. The molecule has 1 unspecified atom stereocenters. The van der Waals surface area contributed by atoms with Gasteiger partial charge < -0.3 is 20.1 Å². The van der Waals surface area contributed by atoms with Crippen molar-refractivity contribution in [1.29, 1.82) is 0 Å². The summed E-state index contributed by atoms with van der Waals surface area (Å²) < 4.78 is 46.6. The van der Waals surface area contributed by atoms with Crippen LogP contribution in [-0.2, 0) is 12.7 Å². The fourth-order valence-electron chi connectivity index (χ4n) is 4.73. The van der Waals surface area contributed by atoms with Gasteiger partial charge in [-0.1, -0.05) is 0 Å². The number of halogens is 3. The van der Waals surface area contributed by atoms with Crippen molar-refractivity contribution in [2.75, 3.05) is 39.3 Å². The monoisotopic (exact) mass is 562 g/mol. The van der Waals surface area contributed by atoms with Gasteiger partial charge in [0, 0.05) is 57.0 Å². The van der Waals surface area contributed by atoms with E-state index >= 15 is 0 Å². The third-order valence-electron chi connectivity index (χ3n) is 6.72. The molecule has 12 heteroatoms. The summed E-state index contributed by atoms with van der Waals surface area (Å²) in [6, 6.07) is 11.4. The number of aliphatic hydroxyl groups excluding tert-OH is 1. The molecular weight excluding hydrogens is 533 g/mol. The van der Waals surface area contributed by atoms with Gasteiger partial charge in [0.2, 0.25) is 5.88 Å². The Labute approximate surface area is 227 Å². The molecule has 1 fully saturated rings. The van der Waals surface area contributed by atoms with Crippen molar-refractivity contribution in [3.05, 3.63) is 64.7 Å². The molecule has 1 aliphatic heterocycles. The van der Waals surface area contributed by atoms with E-state index in [9.17, 15) is 28.5 Å². The molecule has 0 aliphatic carbocycles. The molecular formula is C27H29F3N4O4S. The lowest BCUT2D eigenvalue weighted by molar-refractivity contribution is -0.137. The van der Waals surface area contributed by atoms with Crippen molar-refractivity contribution in [2.45, 2.75) is 25.7 Å². The van der Waals surface area contributed by atoms with Crippen molar-refractivity contribution < 1.29 is 33.2 Å². The van der Waals surface area contributed by atoms with Gasteiger partial charge >= 0.3 is 6.18 Å². The topological polar surface area (TPSA) is 94.2 Å². The molecule has 3 heterocycles. The van der Waals surface area contributed by atoms with Gasteiger partial charge in [-0.3, -0.25) is 14.4 Å². The number of thiazole rings is 1. The van der Waals surface area contributed by atoms with Crippen LogP contribution in [0.2, 0.25) is 0 Å². The second-order valence-corrected chi connectivity index (χ2v) is 10.9. The summed E-state index contributed by atoms with van der Waals surface area (Å²) >= 11 is 1.62. The Kier molecular flexibility index (Phi) is 7.72. The van der Waals surface area contributed by atoms with E-state index in [1.165, 1.54) is 18.2 Å². The molecule has 0 spiro atoms. The average molecular weight is 563 g/mol. The van der Waals surface area contributed by atoms with Gasteiger partial charge in [-0.05, 0) is 43.3 Å². The highest BCUT2D eigenvalue weighted by Crippen LogP contribution is 2.35. The Morgan fingerprint density at radius 3 is 2.38 bits per heavy atom. The number of nitrogens with zero attached hydrogens (tertiary/aromatic N) is 4. The number of hydrogen-bond acceptors (Lipinski definition) is 8. The van der Waals surface area contributed by atoms with E-state index in [0.717, 1.165) is 31.9 Å². The molecule has 0 saturated carbocycles. The predicted octanol–water partition coefficient (Wildman–Crippen LogP) is 4.38. The summed E-state index contributed by atoms with van der Waals surface area (Å²) in [5, 5.41) is 32.6. The Morgan fingerprint density at radius 1 is 1.00 bits per heavy atom. The van der Waals surface area contributed by atoms with E-state index in [1.54, 1.807) is 11.3 Å². The van der Waals surface area contributed by atoms with Crippen LogP contribution in [0.25, 0.3) is 15.9 Å². The number of ether oxygens (including phenoxy) is 1. The first kappa shape index (κ1) is 27.3. The lowest BCUT2D eigenvalue weighted by atomic mass is 10.2. The number of piperazine rings is 1. The molecule has 1 saturated heterocycles. The van der Waals surface area contributed by atoms with E-state index < -0.39 is 17.8 Å². The van der Waals surface area contributed by atoms with Crippen LogP contribution >= 0.6 is 11.3 Å². The Morgan fingerprint density at radius 2 is 1.69 bits per heavy atom. The van der Waals surface area contributed by atoms with Crippen LogP contribution in [-0.4, -0.2) is 80.1 Å². The minimum atomic E-state index is -4.47. The third-order valence-corrected chi connectivity index (χ3v) is 7.67. The quantitative estimate of drug-likeness (QED) is 0.294. The van der Waals surface area contributed by atoms with E-state index in [4.69, 9.17) is 4.74 Å². The smallest absolute Gasteiger partial charge is 0.416 e. The number of aromatic hydroxyl groups is 2. The highest BCUT2D eigenvalue weighted by molar-refractivity contribution is 7.18. The van der Waals surface area contributed by atoms with Crippen molar-refractivity contribution in [3.8, 4) is 23.2 Å². The average Bonchev–Trinajstić information content (AvgIpc) is 3.40. The summed E-state index contributed by atoms with van der Waals surface area (Å²) in [7, 11) is 0. The summed E-state index contributed by atoms with van der Waals surface area (Å²) in [5.41, 5.74) is 0.780. The molecule has 0 radical (unpaired) electrons. The van der Waals surface area contributed by atoms with Gasteiger partial charge in [0.05, 0.1) is 26.5 Å². The maximum absolute atomic E-state index is 12.9. The molecule has 4 aromatic rings. The second-order valence-electron chi connectivity index (χ2n) is 9.64. The molecule has 0 bridgehead atoms. The van der Waals surface area contributed by atoms with E-state index in [2.05, 4.69) is 14.8 Å². The summed E-state index contributed by atoms with van der Waals surface area (Å²) in [5.74, 6) is 0.198. The Bertz CT molecular complexity index is 1430. The molecule has 3 N–H and O–H groups in total. The number of alkyl halides is 3. The zero-order chi connectivity index (χ0) is 27.7. The molecule has 5 rings (SSSR count). The van der Waals surface area contributed by atoms with Crippen LogP contribution < -0.4 is 4.74 Å².